The Morgan fingerprint density at radius 2 is 1.71 bits per heavy atom. The minimum Gasteiger partial charge on any atom is -0.108 e. The summed E-state index contributed by atoms with van der Waals surface area (Å²) >= 11 is 0. The lowest BCUT2D eigenvalue weighted by atomic mass is 10.3. The van der Waals surface area contributed by atoms with Crippen molar-refractivity contribution in [1.29, 1.82) is 0 Å². The molecule has 0 aliphatic rings. The Labute approximate surface area is 48.5 Å². The van der Waals surface area contributed by atoms with Gasteiger partial charge in [0.15, 0.2) is 0 Å². The summed E-state index contributed by atoms with van der Waals surface area (Å²) in [6.45, 7) is 8.66. The zero-order valence-electron chi connectivity index (χ0n) is 5.50. The van der Waals surface area contributed by atoms with Crippen LogP contribution in [0.2, 0.25) is 0 Å². The van der Waals surface area contributed by atoms with E-state index in [4.69, 9.17) is 0 Å². The molecule has 0 amide bonds. The fraction of sp³-hybridized carbons (Fsp3) is 0.833. The van der Waals surface area contributed by atoms with Gasteiger partial charge >= 0.3 is 0 Å². The van der Waals surface area contributed by atoms with Crippen molar-refractivity contribution in [2.45, 2.75) is 32.9 Å². The Morgan fingerprint density at radius 1 is 1.29 bits per heavy atom. The molecule has 0 rings (SSSR count). The van der Waals surface area contributed by atoms with Crippen molar-refractivity contribution in [3.05, 3.63) is 6.16 Å². The molecular formula is C6H13P. The van der Waals surface area contributed by atoms with E-state index in [0.29, 0.717) is 5.16 Å². The maximum atomic E-state index is 3.14. The molecule has 2 radical (unpaired) electrons. The van der Waals surface area contributed by atoms with Crippen LogP contribution in [-0.4, -0.2) is 5.16 Å². The minimum absolute atomic E-state index is 0.467. The van der Waals surface area contributed by atoms with Crippen LogP contribution < -0.4 is 0 Å². The Morgan fingerprint density at radius 3 is 1.71 bits per heavy atom. The fourth-order valence-corrected chi connectivity index (χ4v) is 1.12. The Balaban J connectivity index is 3.15. The van der Waals surface area contributed by atoms with E-state index in [1.54, 1.807) is 0 Å². The second-order valence-electron chi connectivity index (χ2n) is 2.62. The third-order valence-electron chi connectivity index (χ3n) is 0.500. The molecule has 7 heavy (non-hydrogen) atoms. The second-order valence-corrected chi connectivity index (χ2v) is 4.88. The van der Waals surface area contributed by atoms with Crippen LogP contribution in [0.1, 0.15) is 27.7 Å². The third kappa shape index (κ3) is 6.43. The Hall–Kier alpha value is 0.430. The van der Waals surface area contributed by atoms with Gasteiger partial charge in [-0.3, -0.25) is 0 Å². The normalized spacial score (nSPS) is 13.7. The Kier molecular flexibility index (Phi) is 2.83. The van der Waals surface area contributed by atoms with E-state index in [2.05, 4.69) is 26.9 Å². The number of hydrogen-bond acceptors (Lipinski definition) is 0. The van der Waals surface area contributed by atoms with Gasteiger partial charge < -0.3 is 0 Å². The number of hydrogen-bond donors (Lipinski definition) is 0. The second kappa shape index (κ2) is 2.67. The van der Waals surface area contributed by atoms with Gasteiger partial charge in [-0.05, 0) is 5.16 Å². The van der Waals surface area contributed by atoms with Crippen molar-refractivity contribution in [1.82, 2.24) is 0 Å². The summed E-state index contributed by atoms with van der Waals surface area (Å²) in [5.74, 6) is 0. The highest BCUT2D eigenvalue weighted by molar-refractivity contribution is 7.42. The van der Waals surface area contributed by atoms with Crippen LogP contribution in [0, 0.1) is 6.16 Å². The first-order valence-corrected chi connectivity index (χ1v) is 3.50. The van der Waals surface area contributed by atoms with Gasteiger partial charge in [0.2, 0.25) is 0 Å². The molecular weight excluding hydrogens is 103 g/mol. The summed E-state index contributed by atoms with van der Waals surface area (Å²) in [7, 11) is 0.874. The molecule has 1 atom stereocenters. The average Bonchev–Trinajstić information content (AvgIpc) is 1.30. The molecule has 0 aliphatic carbocycles. The lowest BCUT2D eigenvalue weighted by Crippen LogP contribution is -2.02. The van der Waals surface area contributed by atoms with Gasteiger partial charge in [-0.25, -0.2) is 0 Å². The highest BCUT2D eigenvalue weighted by Gasteiger charge is 2.06. The van der Waals surface area contributed by atoms with Gasteiger partial charge in [0.1, 0.15) is 0 Å². The molecule has 0 bridgehead atoms. The van der Waals surface area contributed by atoms with Crippen molar-refractivity contribution >= 4 is 8.58 Å². The maximum Gasteiger partial charge on any atom is 0.00536 e. The SMILES string of the molecule is C[C]PC(C)(C)C. The first-order chi connectivity index (χ1) is 3.06. The van der Waals surface area contributed by atoms with Gasteiger partial charge in [-0.1, -0.05) is 27.7 Å². The zero-order chi connectivity index (χ0) is 5.91. The van der Waals surface area contributed by atoms with Crippen LogP contribution in [0.3, 0.4) is 0 Å². The van der Waals surface area contributed by atoms with E-state index < -0.39 is 0 Å². The van der Waals surface area contributed by atoms with Crippen LogP contribution in [0.25, 0.3) is 0 Å². The maximum absolute atomic E-state index is 3.14. The molecule has 0 aromatic carbocycles. The van der Waals surface area contributed by atoms with Crippen LogP contribution >= 0.6 is 8.58 Å². The smallest absolute Gasteiger partial charge is 0.00536 e. The van der Waals surface area contributed by atoms with E-state index >= 15 is 0 Å². The minimum atomic E-state index is 0.467. The van der Waals surface area contributed by atoms with Gasteiger partial charge in [0, 0.05) is 6.16 Å². The molecule has 0 saturated heterocycles. The van der Waals surface area contributed by atoms with Crippen molar-refractivity contribution in [3.8, 4) is 0 Å². The number of rotatable bonds is 1. The van der Waals surface area contributed by atoms with Crippen molar-refractivity contribution in [2.24, 2.45) is 0 Å². The molecule has 1 heteroatoms. The monoisotopic (exact) mass is 116 g/mol. The van der Waals surface area contributed by atoms with E-state index in [1.165, 1.54) is 0 Å². The highest BCUT2D eigenvalue weighted by atomic mass is 31.1. The standard InChI is InChI=1S/C6H13P/c1-5-7-6(2,3)4/h7H,1-4H3. The van der Waals surface area contributed by atoms with Gasteiger partial charge in [0.05, 0.1) is 0 Å². The third-order valence-corrected chi connectivity index (χ3v) is 1.50. The topological polar surface area (TPSA) is 0 Å². The molecule has 0 fully saturated rings. The average molecular weight is 116 g/mol. The molecule has 0 aliphatic heterocycles. The van der Waals surface area contributed by atoms with Gasteiger partial charge in [0.25, 0.3) is 0 Å². The first-order valence-electron chi connectivity index (χ1n) is 2.50. The zero-order valence-corrected chi connectivity index (χ0v) is 6.50. The van der Waals surface area contributed by atoms with E-state index in [1.807, 2.05) is 6.92 Å². The summed E-state index contributed by atoms with van der Waals surface area (Å²) in [4.78, 5) is 0. The van der Waals surface area contributed by atoms with Crippen molar-refractivity contribution in [2.75, 3.05) is 0 Å². The fourth-order valence-electron chi connectivity index (χ4n) is 0.375. The molecule has 0 aromatic rings. The largest absolute Gasteiger partial charge is 0.108 e. The lowest BCUT2D eigenvalue weighted by molar-refractivity contribution is 0.797. The molecule has 1 unspecified atom stereocenters. The first kappa shape index (κ1) is 7.43. The van der Waals surface area contributed by atoms with Gasteiger partial charge in [-0.2, -0.15) is 0 Å². The van der Waals surface area contributed by atoms with E-state index in [9.17, 15) is 0 Å². The van der Waals surface area contributed by atoms with Crippen LogP contribution in [-0.2, 0) is 0 Å². The highest BCUT2D eigenvalue weighted by Crippen LogP contribution is 2.31. The molecule has 0 nitrogen and oxygen atoms in total. The van der Waals surface area contributed by atoms with Crippen LogP contribution in [0.4, 0.5) is 0 Å². The van der Waals surface area contributed by atoms with Crippen LogP contribution in [0.15, 0.2) is 0 Å². The molecule has 0 spiro atoms. The predicted molar refractivity (Wildman–Crippen MR) is 37.0 cm³/mol. The van der Waals surface area contributed by atoms with E-state index in [-0.39, 0.29) is 0 Å². The quantitative estimate of drug-likeness (QED) is 0.462. The summed E-state index contributed by atoms with van der Waals surface area (Å²) in [5, 5.41) is 0.467. The van der Waals surface area contributed by atoms with Crippen molar-refractivity contribution in [3.63, 3.8) is 0 Å². The molecule has 0 aromatic heterocycles. The summed E-state index contributed by atoms with van der Waals surface area (Å²) in [6, 6.07) is 0. The van der Waals surface area contributed by atoms with Crippen LogP contribution in [0.5, 0.6) is 0 Å². The van der Waals surface area contributed by atoms with E-state index in [0.717, 1.165) is 8.58 Å². The molecule has 0 N–H and O–H groups in total. The predicted octanol–water partition coefficient (Wildman–Crippen LogP) is 2.52. The summed E-state index contributed by atoms with van der Waals surface area (Å²) in [5.41, 5.74) is 0. The molecule has 0 saturated carbocycles. The molecule has 42 valence electrons. The molecule has 0 heterocycles. The Bertz CT molecular complexity index is 42.6. The summed E-state index contributed by atoms with van der Waals surface area (Å²) in [6.07, 6.45) is 3.14. The van der Waals surface area contributed by atoms with Crippen molar-refractivity contribution < 1.29 is 0 Å². The summed E-state index contributed by atoms with van der Waals surface area (Å²) < 4.78 is 0. The van der Waals surface area contributed by atoms with Gasteiger partial charge in [-0.15, -0.1) is 8.58 Å². The lowest BCUT2D eigenvalue weighted by Gasteiger charge is -2.15.